The van der Waals surface area contributed by atoms with Crippen molar-refractivity contribution in [1.29, 1.82) is 0 Å². The van der Waals surface area contributed by atoms with Crippen LogP contribution in [-0.4, -0.2) is 49.5 Å². The van der Waals surface area contributed by atoms with Crippen LogP contribution in [0.5, 0.6) is 5.75 Å². The number of aryl methyl sites for hydroxylation is 1. The van der Waals surface area contributed by atoms with Gasteiger partial charge in [-0.2, -0.15) is 0 Å². The maximum atomic E-state index is 13.5. The standard InChI is InChI=1S/C20H24ClN3O6S/c1-12-7-17(18(21)22-9-12)31(27,28)24-10-14(11-25)29-16-6-5-13(8-15(16)24)23-19(26)30-20(2,3)4/h5-9,14,25H,10-11H2,1-4H3,(H,23,26)/t14-/m1/s1. The lowest BCUT2D eigenvalue weighted by molar-refractivity contribution is 0.0636. The first-order valence-corrected chi connectivity index (χ1v) is 11.3. The predicted octanol–water partition coefficient (Wildman–Crippen LogP) is 3.34. The third-order valence-corrected chi connectivity index (χ3v) is 6.46. The number of ether oxygens (including phenoxy) is 2. The summed E-state index contributed by atoms with van der Waals surface area (Å²) in [6, 6.07) is 5.95. The number of rotatable bonds is 4. The van der Waals surface area contributed by atoms with Crippen LogP contribution < -0.4 is 14.4 Å². The Kier molecular flexibility index (Phi) is 6.35. The smallest absolute Gasteiger partial charge is 0.412 e. The molecule has 3 rings (SSSR count). The van der Waals surface area contributed by atoms with Gasteiger partial charge in [-0.1, -0.05) is 11.6 Å². The zero-order chi connectivity index (χ0) is 23.0. The summed E-state index contributed by atoms with van der Waals surface area (Å²) in [7, 11) is -4.14. The Bertz CT molecular complexity index is 1100. The molecule has 1 aliphatic rings. The van der Waals surface area contributed by atoms with Crippen molar-refractivity contribution in [2.75, 3.05) is 22.8 Å². The number of carbonyl (C=O) groups excluding carboxylic acids is 1. The highest BCUT2D eigenvalue weighted by Gasteiger charge is 2.36. The molecule has 0 unspecified atom stereocenters. The Morgan fingerprint density at radius 3 is 2.74 bits per heavy atom. The van der Waals surface area contributed by atoms with E-state index in [2.05, 4.69) is 10.3 Å². The molecule has 31 heavy (non-hydrogen) atoms. The van der Waals surface area contributed by atoms with Crippen LogP contribution in [0.4, 0.5) is 16.2 Å². The minimum absolute atomic E-state index is 0.147. The molecule has 0 fully saturated rings. The van der Waals surface area contributed by atoms with E-state index in [4.69, 9.17) is 21.1 Å². The summed E-state index contributed by atoms with van der Waals surface area (Å²) in [6.07, 6.45) is 0.00908. The SMILES string of the molecule is Cc1cnc(Cl)c(S(=O)(=O)N2C[C@H](CO)Oc3ccc(NC(=O)OC(C)(C)C)cc32)c1. The van der Waals surface area contributed by atoms with Crippen molar-refractivity contribution >= 4 is 39.1 Å². The van der Waals surface area contributed by atoms with Crippen molar-refractivity contribution < 1.29 is 27.8 Å². The van der Waals surface area contributed by atoms with Crippen LogP contribution >= 0.6 is 11.6 Å². The number of benzene rings is 1. The summed E-state index contributed by atoms with van der Waals surface area (Å²) in [6.45, 7) is 6.37. The average molecular weight is 470 g/mol. The summed E-state index contributed by atoms with van der Waals surface area (Å²) in [5.41, 5.74) is 0.430. The Morgan fingerprint density at radius 1 is 1.39 bits per heavy atom. The normalized spacial score (nSPS) is 16.3. The molecule has 2 aromatic rings. The third kappa shape index (κ3) is 5.20. The molecule has 1 aliphatic heterocycles. The van der Waals surface area contributed by atoms with E-state index in [0.717, 1.165) is 4.31 Å². The van der Waals surface area contributed by atoms with E-state index in [1.54, 1.807) is 33.8 Å². The fraction of sp³-hybridized carbons (Fsp3) is 0.400. The number of aliphatic hydroxyl groups is 1. The van der Waals surface area contributed by atoms with Crippen LogP contribution in [0, 0.1) is 6.92 Å². The molecular formula is C20H24ClN3O6S. The first kappa shape index (κ1) is 23.1. The van der Waals surface area contributed by atoms with Crippen molar-refractivity contribution in [1.82, 2.24) is 4.98 Å². The number of aromatic nitrogens is 1. The van der Waals surface area contributed by atoms with Gasteiger partial charge in [0.15, 0.2) is 0 Å². The third-order valence-electron chi connectivity index (χ3n) is 4.25. The number of carbonyl (C=O) groups is 1. The molecule has 0 saturated carbocycles. The van der Waals surface area contributed by atoms with Gasteiger partial charge in [0.1, 0.15) is 27.5 Å². The Hall–Kier alpha value is -2.56. The van der Waals surface area contributed by atoms with Gasteiger partial charge >= 0.3 is 6.09 Å². The fourth-order valence-electron chi connectivity index (χ4n) is 2.96. The Morgan fingerprint density at radius 2 is 2.10 bits per heavy atom. The zero-order valence-electron chi connectivity index (χ0n) is 17.5. The highest BCUT2D eigenvalue weighted by atomic mass is 35.5. The van der Waals surface area contributed by atoms with E-state index in [1.165, 1.54) is 24.4 Å². The number of aliphatic hydroxyl groups excluding tert-OH is 1. The first-order chi connectivity index (χ1) is 14.4. The van der Waals surface area contributed by atoms with Gasteiger partial charge in [0.25, 0.3) is 10.0 Å². The lowest BCUT2D eigenvalue weighted by Gasteiger charge is -2.35. The molecule has 2 heterocycles. The molecule has 0 spiro atoms. The van der Waals surface area contributed by atoms with E-state index >= 15 is 0 Å². The average Bonchev–Trinajstić information content (AvgIpc) is 2.67. The van der Waals surface area contributed by atoms with Gasteiger partial charge in [0.05, 0.1) is 18.8 Å². The van der Waals surface area contributed by atoms with E-state index in [9.17, 15) is 18.3 Å². The van der Waals surface area contributed by atoms with Crippen molar-refractivity contribution in [3.63, 3.8) is 0 Å². The largest absolute Gasteiger partial charge is 0.484 e. The number of pyridine rings is 1. The number of hydrogen-bond donors (Lipinski definition) is 2. The summed E-state index contributed by atoms with van der Waals surface area (Å²) in [5.74, 6) is 0.236. The zero-order valence-corrected chi connectivity index (χ0v) is 19.1. The number of halogens is 1. The summed E-state index contributed by atoms with van der Waals surface area (Å²) >= 11 is 6.09. The van der Waals surface area contributed by atoms with Crippen LogP contribution in [0.1, 0.15) is 26.3 Å². The number of nitrogens with one attached hydrogen (secondary N) is 1. The Labute approximate surface area is 186 Å². The van der Waals surface area contributed by atoms with Crippen molar-refractivity contribution in [2.45, 2.75) is 44.3 Å². The molecule has 1 atom stereocenters. The van der Waals surface area contributed by atoms with Crippen LogP contribution in [-0.2, 0) is 14.8 Å². The monoisotopic (exact) mass is 469 g/mol. The Balaban J connectivity index is 2.03. The molecular weight excluding hydrogens is 446 g/mol. The second-order valence-electron chi connectivity index (χ2n) is 8.07. The van der Waals surface area contributed by atoms with Gasteiger partial charge in [-0.15, -0.1) is 0 Å². The first-order valence-electron chi connectivity index (χ1n) is 9.47. The van der Waals surface area contributed by atoms with Gasteiger partial charge in [-0.05, 0) is 57.5 Å². The van der Waals surface area contributed by atoms with Gasteiger partial charge in [-0.25, -0.2) is 18.2 Å². The fourth-order valence-corrected chi connectivity index (χ4v) is 4.96. The van der Waals surface area contributed by atoms with Gasteiger partial charge in [0, 0.05) is 11.9 Å². The van der Waals surface area contributed by atoms with E-state index < -0.39 is 27.8 Å². The lowest BCUT2D eigenvalue weighted by Crippen LogP contribution is -2.45. The number of anilines is 2. The van der Waals surface area contributed by atoms with Gasteiger partial charge in [0.2, 0.25) is 0 Å². The van der Waals surface area contributed by atoms with Crippen molar-refractivity contribution in [3.8, 4) is 5.75 Å². The summed E-state index contributed by atoms with van der Waals surface area (Å²) < 4.78 is 38.9. The second-order valence-corrected chi connectivity index (χ2v) is 10.3. The molecule has 0 saturated heterocycles. The minimum atomic E-state index is -4.14. The number of nitrogens with zero attached hydrogens (tertiary/aromatic N) is 2. The van der Waals surface area contributed by atoms with Gasteiger partial charge in [-0.3, -0.25) is 9.62 Å². The molecule has 1 amide bonds. The highest BCUT2D eigenvalue weighted by Crippen LogP contribution is 2.40. The molecule has 0 radical (unpaired) electrons. The summed E-state index contributed by atoms with van der Waals surface area (Å²) in [5, 5.41) is 12.0. The maximum absolute atomic E-state index is 13.5. The summed E-state index contributed by atoms with van der Waals surface area (Å²) in [4.78, 5) is 15.9. The molecule has 1 aromatic carbocycles. The van der Waals surface area contributed by atoms with E-state index in [1.807, 2.05) is 0 Å². The van der Waals surface area contributed by atoms with Crippen molar-refractivity contribution in [2.24, 2.45) is 0 Å². The number of amides is 1. The second kappa shape index (κ2) is 8.52. The molecule has 1 aromatic heterocycles. The number of fused-ring (bicyclic) bond motifs is 1. The van der Waals surface area contributed by atoms with E-state index in [0.29, 0.717) is 11.3 Å². The molecule has 11 heteroatoms. The quantitative estimate of drug-likeness (QED) is 0.659. The maximum Gasteiger partial charge on any atom is 0.412 e. The number of sulfonamides is 1. The highest BCUT2D eigenvalue weighted by molar-refractivity contribution is 7.93. The van der Waals surface area contributed by atoms with Crippen LogP contribution in [0.25, 0.3) is 0 Å². The predicted molar refractivity (Wildman–Crippen MR) is 116 cm³/mol. The van der Waals surface area contributed by atoms with E-state index in [-0.39, 0.29) is 34.6 Å². The van der Waals surface area contributed by atoms with Crippen LogP contribution in [0.2, 0.25) is 5.15 Å². The lowest BCUT2D eigenvalue weighted by atomic mass is 10.2. The minimum Gasteiger partial charge on any atom is -0.484 e. The molecule has 2 N–H and O–H groups in total. The molecule has 9 nitrogen and oxygen atoms in total. The number of hydrogen-bond acceptors (Lipinski definition) is 7. The van der Waals surface area contributed by atoms with Crippen LogP contribution in [0.3, 0.4) is 0 Å². The van der Waals surface area contributed by atoms with Crippen LogP contribution in [0.15, 0.2) is 35.4 Å². The topological polar surface area (TPSA) is 118 Å². The molecule has 0 bridgehead atoms. The van der Waals surface area contributed by atoms with Crippen molar-refractivity contribution in [3.05, 3.63) is 41.2 Å². The molecule has 0 aliphatic carbocycles. The van der Waals surface area contributed by atoms with Gasteiger partial charge < -0.3 is 14.6 Å². The molecule has 168 valence electrons.